The topological polar surface area (TPSA) is 53.5 Å². The number of nitrogens with one attached hydrogen (secondary N) is 2. The summed E-state index contributed by atoms with van der Waals surface area (Å²) in [5, 5.41) is 6.69. The van der Waals surface area contributed by atoms with Crippen LogP contribution >= 0.6 is 0 Å². The standard InChI is InChI=1S/C22H43N3O/c1-4-6-7-8-9-10-11-12-13-14-16-24-20(5-2)21-19(3)23-17-15-18-25-22(21)26/h20-21,24H,4-18H2,1-3H3,(H,25,26). The highest BCUT2D eigenvalue weighted by molar-refractivity contribution is 6.04. The van der Waals surface area contributed by atoms with E-state index in [2.05, 4.69) is 29.5 Å². The zero-order valence-electron chi connectivity index (χ0n) is 17.6. The van der Waals surface area contributed by atoms with E-state index >= 15 is 0 Å². The lowest BCUT2D eigenvalue weighted by Gasteiger charge is -2.28. The van der Waals surface area contributed by atoms with Crippen molar-refractivity contribution in [2.75, 3.05) is 19.6 Å². The summed E-state index contributed by atoms with van der Waals surface area (Å²) in [6, 6.07) is 0.204. The Hall–Kier alpha value is -0.900. The molecule has 0 aromatic rings. The van der Waals surface area contributed by atoms with Gasteiger partial charge in [-0.25, -0.2) is 0 Å². The molecule has 0 bridgehead atoms. The van der Waals surface area contributed by atoms with E-state index in [0.717, 1.165) is 38.2 Å². The van der Waals surface area contributed by atoms with E-state index < -0.39 is 0 Å². The Labute approximate surface area is 162 Å². The molecule has 1 heterocycles. The molecule has 1 aliphatic heterocycles. The molecule has 0 spiro atoms. The third kappa shape index (κ3) is 9.70. The van der Waals surface area contributed by atoms with E-state index in [0.29, 0.717) is 0 Å². The Bertz CT molecular complexity index is 395. The molecule has 2 unspecified atom stereocenters. The van der Waals surface area contributed by atoms with Crippen LogP contribution in [0.3, 0.4) is 0 Å². The van der Waals surface area contributed by atoms with Crippen molar-refractivity contribution in [3.05, 3.63) is 0 Å². The average molecular weight is 366 g/mol. The van der Waals surface area contributed by atoms with Crippen LogP contribution in [0.1, 0.15) is 97.8 Å². The summed E-state index contributed by atoms with van der Waals surface area (Å²) in [6.07, 6.45) is 15.5. The molecule has 0 saturated carbocycles. The average Bonchev–Trinajstić information content (AvgIpc) is 2.63. The number of aliphatic imine (C=N–C) groups is 1. The van der Waals surface area contributed by atoms with Crippen molar-refractivity contribution < 1.29 is 4.79 Å². The minimum atomic E-state index is -0.108. The second-order valence-electron chi connectivity index (χ2n) is 7.80. The summed E-state index contributed by atoms with van der Waals surface area (Å²) in [7, 11) is 0. The first-order valence-electron chi connectivity index (χ1n) is 11.2. The van der Waals surface area contributed by atoms with Crippen LogP contribution in [-0.4, -0.2) is 37.3 Å². The van der Waals surface area contributed by atoms with Crippen LogP contribution in [0.4, 0.5) is 0 Å². The third-order valence-corrected chi connectivity index (χ3v) is 5.51. The Morgan fingerprint density at radius 2 is 1.65 bits per heavy atom. The van der Waals surface area contributed by atoms with E-state index in [9.17, 15) is 4.79 Å². The minimum Gasteiger partial charge on any atom is -0.355 e. The van der Waals surface area contributed by atoms with Crippen LogP contribution in [0.15, 0.2) is 4.99 Å². The number of unbranched alkanes of at least 4 members (excludes halogenated alkanes) is 9. The second-order valence-corrected chi connectivity index (χ2v) is 7.80. The molecule has 152 valence electrons. The third-order valence-electron chi connectivity index (χ3n) is 5.51. The zero-order valence-corrected chi connectivity index (χ0v) is 17.6. The highest BCUT2D eigenvalue weighted by atomic mass is 16.1. The molecular formula is C22H43N3O. The lowest BCUT2D eigenvalue weighted by molar-refractivity contribution is -0.123. The van der Waals surface area contributed by atoms with Crippen molar-refractivity contribution >= 4 is 11.6 Å². The van der Waals surface area contributed by atoms with Gasteiger partial charge in [-0.15, -0.1) is 0 Å². The smallest absolute Gasteiger partial charge is 0.230 e. The van der Waals surface area contributed by atoms with Gasteiger partial charge in [0.15, 0.2) is 0 Å². The van der Waals surface area contributed by atoms with Gasteiger partial charge in [-0.2, -0.15) is 0 Å². The molecule has 0 fully saturated rings. The summed E-state index contributed by atoms with van der Waals surface area (Å²) in [5.74, 6) is 0.0387. The van der Waals surface area contributed by atoms with Crippen molar-refractivity contribution in [3.63, 3.8) is 0 Å². The van der Waals surface area contributed by atoms with Crippen LogP contribution in [-0.2, 0) is 4.79 Å². The van der Waals surface area contributed by atoms with Gasteiger partial charge >= 0.3 is 0 Å². The highest BCUT2D eigenvalue weighted by Crippen LogP contribution is 2.14. The summed E-state index contributed by atoms with van der Waals surface area (Å²) < 4.78 is 0. The molecule has 0 aliphatic carbocycles. The van der Waals surface area contributed by atoms with Crippen LogP contribution in [0, 0.1) is 5.92 Å². The monoisotopic (exact) mass is 365 g/mol. The highest BCUT2D eigenvalue weighted by Gasteiger charge is 2.29. The van der Waals surface area contributed by atoms with Gasteiger partial charge in [-0.05, 0) is 32.7 Å². The van der Waals surface area contributed by atoms with E-state index in [1.54, 1.807) is 0 Å². The molecule has 4 nitrogen and oxygen atoms in total. The van der Waals surface area contributed by atoms with Crippen molar-refractivity contribution in [2.45, 2.75) is 104 Å². The predicted molar refractivity (Wildman–Crippen MR) is 113 cm³/mol. The molecule has 2 atom stereocenters. The second kappa shape index (κ2) is 15.2. The molecule has 0 radical (unpaired) electrons. The first kappa shape index (κ1) is 23.1. The maximum absolute atomic E-state index is 12.4. The molecule has 2 N–H and O–H groups in total. The summed E-state index contributed by atoms with van der Waals surface area (Å²) in [4.78, 5) is 17.1. The van der Waals surface area contributed by atoms with Gasteiger partial charge in [0.2, 0.25) is 5.91 Å². The predicted octanol–water partition coefficient (Wildman–Crippen LogP) is 4.87. The summed E-state index contributed by atoms with van der Waals surface area (Å²) in [5.41, 5.74) is 0.990. The van der Waals surface area contributed by atoms with Crippen molar-refractivity contribution in [1.29, 1.82) is 0 Å². The fourth-order valence-electron chi connectivity index (χ4n) is 3.82. The van der Waals surface area contributed by atoms with E-state index in [1.165, 1.54) is 64.2 Å². The quantitative estimate of drug-likeness (QED) is 0.431. The summed E-state index contributed by atoms with van der Waals surface area (Å²) in [6.45, 7) is 9.04. The number of carbonyl (C=O) groups excluding carboxylic acids is 1. The van der Waals surface area contributed by atoms with Gasteiger partial charge in [0, 0.05) is 24.8 Å². The van der Waals surface area contributed by atoms with Gasteiger partial charge in [0.25, 0.3) is 0 Å². The Balaban J connectivity index is 2.17. The van der Waals surface area contributed by atoms with E-state index in [1.807, 2.05) is 6.92 Å². The van der Waals surface area contributed by atoms with Gasteiger partial charge in [-0.1, -0.05) is 71.6 Å². The number of rotatable bonds is 14. The largest absolute Gasteiger partial charge is 0.355 e. The first-order chi connectivity index (χ1) is 12.7. The fourth-order valence-corrected chi connectivity index (χ4v) is 3.82. The Kier molecular flexibility index (Phi) is 13.5. The minimum absolute atomic E-state index is 0.108. The number of amides is 1. The molecular weight excluding hydrogens is 322 g/mol. The van der Waals surface area contributed by atoms with E-state index in [4.69, 9.17) is 0 Å². The molecule has 26 heavy (non-hydrogen) atoms. The lowest BCUT2D eigenvalue weighted by atomic mass is 9.91. The fraction of sp³-hybridized carbons (Fsp3) is 0.909. The van der Waals surface area contributed by atoms with Gasteiger partial charge in [-0.3, -0.25) is 9.79 Å². The molecule has 4 heteroatoms. The lowest BCUT2D eigenvalue weighted by Crippen LogP contribution is -2.49. The molecule has 0 saturated heterocycles. The van der Waals surface area contributed by atoms with Crippen LogP contribution in [0.5, 0.6) is 0 Å². The maximum Gasteiger partial charge on any atom is 0.230 e. The zero-order chi connectivity index (χ0) is 19.0. The Morgan fingerprint density at radius 1 is 1.04 bits per heavy atom. The molecule has 0 aromatic carbocycles. The first-order valence-corrected chi connectivity index (χ1v) is 11.2. The maximum atomic E-state index is 12.4. The van der Waals surface area contributed by atoms with Crippen molar-refractivity contribution in [2.24, 2.45) is 10.9 Å². The SMILES string of the molecule is CCCCCCCCCCCCNC(CC)C1C(=O)NCCCN=C1C. The number of carbonyl (C=O) groups is 1. The van der Waals surface area contributed by atoms with Gasteiger partial charge in [0.05, 0.1) is 5.92 Å². The molecule has 1 aliphatic rings. The van der Waals surface area contributed by atoms with Gasteiger partial charge in [0.1, 0.15) is 0 Å². The molecule has 0 aromatic heterocycles. The molecule has 1 amide bonds. The Morgan fingerprint density at radius 3 is 2.27 bits per heavy atom. The van der Waals surface area contributed by atoms with Crippen LogP contribution in [0.2, 0.25) is 0 Å². The van der Waals surface area contributed by atoms with Crippen molar-refractivity contribution in [3.8, 4) is 0 Å². The van der Waals surface area contributed by atoms with Crippen LogP contribution < -0.4 is 10.6 Å². The van der Waals surface area contributed by atoms with Crippen molar-refractivity contribution in [1.82, 2.24) is 10.6 Å². The molecule has 1 rings (SSSR count). The van der Waals surface area contributed by atoms with Crippen LogP contribution in [0.25, 0.3) is 0 Å². The normalized spacial score (nSPS) is 19.4. The summed E-state index contributed by atoms with van der Waals surface area (Å²) >= 11 is 0. The van der Waals surface area contributed by atoms with Gasteiger partial charge < -0.3 is 10.6 Å². The van der Waals surface area contributed by atoms with E-state index in [-0.39, 0.29) is 17.9 Å². The number of hydrogen-bond acceptors (Lipinski definition) is 3. The number of nitrogens with zero attached hydrogens (tertiary/aromatic N) is 1. The number of hydrogen-bond donors (Lipinski definition) is 2.